The fraction of sp³-hybridized carbons (Fsp3) is 0.172. The molecule has 5 nitrogen and oxygen atoms in total. The number of nitrogens with one attached hydrogen (secondary N) is 1. The van der Waals surface area contributed by atoms with Crippen LogP contribution in [-0.2, 0) is 10.0 Å². The van der Waals surface area contributed by atoms with Gasteiger partial charge in [-0.05, 0) is 36.1 Å². The molecule has 0 spiro atoms. The molecule has 7 heteroatoms. The van der Waals surface area contributed by atoms with Crippen LogP contribution in [0.2, 0.25) is 0 Å². The average molecular weight is 518 g/mol. The summed E-state index contributed by atoms with van der Waals surface area (Å²) in [7, 11) is -3.85. The van der Waals surface area contributed by atoms with Gasteiger partial charge in [0.15, 0.2) is 11.6 Å². The van der Waals surface area contributed by atoms with Crippen LogP contribution in [0.1, 0.15) is 43.5 Å². The summed E-state index contributed by atoms with van der Waals surface area (Å²) >= 11 is 1.31. The maximum Gasteiger partial charge on any atom is 0.240 e. The molecule has 1 N–H and O–H groups in total. The Bertz CT molecular complexity index is 1400. The van der Waals surface area contributed by atoms with Crippen molar-refractivity contribution in [2.45, 2.75) is 24.2 Å². The van der Waals surface area contributed by atoms with Gasteiger partial charge in [-0.15, -0.1) is 11.3 Å². The minimum atomic E-state index is -3.85. The number of sulfonamides is 1. The van der Waals surface area contributed by atoms with Gasteiger partial charge in [-0.2, -0.15) is 0 Å². The maximum absolute atomic E-state index is 13.7. The number of hydrogen-bond donors (Lipinski definition) is 1. The smallest absolute Gasteiger partial charge is 0.240 e. The van der Waals surface area contributed by atoms with E-state index in [1.54, 1.807) is 60.7 Å². The van der Waals surface area contributed by atoms with Crippen molar-refractivity contribution >= 4 is 32.9 Å². The van der Waals surface area contributed by atoms with Gasteiger partial charge in [0.05, 0.1) is 9.77 Å². The number of aryl methyl sites for hydroxylation is 1. The van der Waals surface area contributed by atoms with Crippen molar-refractivity contribution in [3.8, 4) is 0 Å². The molecule has 0 aliphatic heterocycles. The van der Waals surface area contributed by atoms with E-state index in [4.69, 9.17) is 0 Å². The van der Waals surface area contributed by atoms with E-state index in [0.29, 0.717) is 10.4 Å². The van der Waals surface area contributed by atoms with Crippen molar-refractivity contribution in [1.29, 1.82) is 0 Å². The first-order valence-electron chi connectivity index (χ1n) is 11.6. The monoisotopic (exact) mass is 517 g/mol. The molecule has 36 heavy (non-hydrogen) atoms. The molecule has 4 aromatic rings. The zero-order chi connectivity index (χ0) is 25.5. The van der Waals surface area contributed by atoms with Crippen LogP contribution in [0.5, 0.6) is 0 Å². The summed E-state index contributed by atoms with van der Waals surface area (Å²) in [5, 5.41) is 1.81. The van der Waals surface area contributed by atoms with Gasteiger partial charge in [0.1, 0.15) is 0 Å². The number of ketones is 2. The predicted molar refractivity (Wildman–Crippen MR) is 143 cm³/mol. The summed E-state index contributed by atoms with van der Waals surface area (Å²) in [5.41, 5.74) is 2.32. The topological polar surface area (TPSA) is 80.3 Å². The lowest BCUT2D eigenvalue weighted by atomic mass is 9.79. The Morgan fingerprint density at radius 1 is 0.833 bits per heavy atom. The van der Waals surface area contributed by atoms with Crippen molar-refractivity contribution in [1.82, 2.24) is 4.72 Å². The SMILES string of the molecule is Cc1ccc(S(=O)(=O)NCC(C(=O)c2cccs2)C(CC(=O)c2ccccc2)c2ccccc2)cc1. The zero-order valence-corrected chi connectivity index (χ0v) is 21.5. The molecule has 1 heterocycles. The highest BCUT2D eigenvalue weighted by Gasteiger charge is 2.34. The van der Waals surface area contributed by atoms with E-state index in [-0.39, 0.29) is 29.4 Å². The molecule has 0 aliphatic rings. The number of benzene rings is 3. The van der Waals surface area contributed by atoms with E-state index in [2.05, 4.69) is 4.72 Å². The Balaban J connectivity index is 1.69. The van der Waals surface area contributed by atoms with Gasteiger partial charge < -0.3 is 0 Å². The second kappa shape index (κ2) is 11.6. The Morgan fingerprint density at radius 2 is 1.47 bits per heavy atom. The highest BCUT2D eigenvalue weighted by atomic mass is 32.2. The number of rotatable bonds is 11. The molecule has 4 rings (SSSR count). The number of carbonyl (C=O) groups is 2. The molecular weight excluding hydrogens is 490 g/mol. The van der Waals surface area contributed by atoms with E-state index in [1.165, 1.54) is 11.3 Å². The van der Waals surface area contributed by atoms with Gasteiger partial charge >= 0.3 is 0 Å². The Morgan fingerprint density at radius 3 is 2.08 bits per heavy atom. The molecule has 184 valence electrons. The molecular formula is C29H27NO4S2. The fourth-order valence-electron chi connectivity index (χ4n) is 4.15. The summed E-state index contributed by atoms with van der Waals surface area (Å²) in [6.45, 7) is 1.75. The third-order valence-electron chi connectivity index (χ3n) is 6.14. The molecule has 2 unspecified atom stereocenters. The van der Waals surface area contributed by atoms with Gasteiger partial charge in [-0.1, -0.05) is 84.4 Å². The van der Waals surface area contributed by atoms with E-state index in [1.807, 2.05) is 48.7 Å². The summed E-state index contributed by atoms with van der Waals surface area (Å²) in [6, 6.07) is 28.4. The summed E-state index contributed by atoms with van der Waals surface area (Å²) in [4.78, 5) is 27.6. The first-order valence-corrected chi connectivity index (χ1v) is 14.0. The van der Waals surface area contributed by atoms with Gasteiger partial charge in [-0.3, -0.25) is 9.59 Å². The van der Waals surface area contributed by atoms with E-state index < -0.39 is 21.9 Å². The van der Waals surface area contributed by atoms with E-state index in [0.717, 1.165) is 11.1 Å². The quantitative estimate of drug-likeness (QED) is 0.252. The van der Waals surface area contributed by atoms with E-state index >= 15 is 0 Å². The second-order valence-corrected chi connectivity index (χ2v) is 11.3. The second-order valence-electron chi connectivity index (χ2n) is 8.62. The lowest BCUT2D eigenvalue weighted by molar-refractivity contribution is 0.0882. The first kappa shape index (κ1) is 25.7. The average Bonchev–Trinajstić information content (AvgIpc) is 3.44. The molecule has 0 radical (unpaired) electrons. The van der Waals surface area contributed by atoms with Crippen LogP contribution in [0, 0.1) is 12.8 Å². The minimum Gasteiger partial charge on any atom is -0.294 e. The van der Waals surface area contributed by atoms with Crippen LogP contribution in [0.25, 0.3) is 0 Å². The lowest BCUT2D eigenvalue weighted by Crippen LogP contribution is -2.37. The van der Waals surface area contributed by atoms with Crippen LogP contribution in [0.3, 0.4) is 0 Å². The van der Waals surface area contributed by atoms with Crippen LogP contribution < -0.4 is 4.72 Å². The number of carbonyl (C=O) groups excluding carboxylic acids is 2. The summed E-state index contributed by atoms with van der Waals surface area (Å²) in [6.07, 6.45) is 0.0715. The Kier molecular flexibility index (Phi) is 8.25. The first-order chi connectivity index (χ1) is 17.3. The molecule has 0 saturated heterocycles. The summed E-state index contributed by atoms with van der Waals surface area (Å²) in [5.74, 6) is -1.59. The van der Waals surface area contributed by atoms with Crippen molar-refractivity contribution in [3.63, 3.8) is 0 Å². The van der Waals surface area contributed by atoms with Gasteiger partial charge in [0.25, 0.3) is 0 Å². The normalized spacial score (nSPS) is 13.1. The number of thiophene rings is 1. The summed E-state index contributed by atoms with van der Waals surface area (Å²) < 4.78 is 28.8. The standard InChI is InChI=1S/C29H27NO4S2/c1-21-14-16-24(17-15-21)36(33,34)30-20-26(29(32)28-13-8-18-35-28)25(22-9-4-2-5-10-22)19-27(31)23-11-6-3-7-12-23/h2-18,25-26,30H,19-20H2,1H3. The molecule has 3 aromatic carbocycles. The third-order valence-corrected chi connectivity index (χ3v) is 8.46. The number of hydrogen-bond acceptors (Lipinski definition) is 5. The zero-order valence-electron chi connectivity index (χ0n) is 19.8. The van der Waals surface area contributed by atoms with E-state index in [9.17, 15) is 18.0 Å². The van der Waals surface area contributed by atoms with Crippen molar-refractivity contribution < 1.29 is 18.0 Å². The predicted octanol–water partition coefficient (Wildman–Crippen LogP) is 5.89. The van der Waals surface area contributed by atoms with Crippen molar-refractivity contribution in [2.24, 2.45) is 5.92 Å². The van der Waals surface area contributed by atoms with Crippen LogP contribution >= 0.6 is 11.3 Å². The van der Waals surface area contributed by atoms with Crippen LogP contribution in [0.4, 0.5) is 0 Å². The minimum absolute atomic E-state index is 0.0715. The van der Waals surface area contributed by atoms with Crippen molar-refractivity contribution in [2.75, 3.05) is 6.54 Å². The van der Waals surface area contributed by atoms with Gasteiger partial charge in [0, 0.05) is 30.4 Å². The number of Topliss-reactive ketones (excluding diaryl/α,β-unsaturated/α-hetero) is 2. The third kappa shape index (κ3) is 6.23. The molecule has 0 bridgehead atoms. The highest BCUT2D eigenvalue weighted by Crippen LogP contribution is 2.33. The highest BCUT2D eigenvalue weighted by molar-refractivity contribution is 7.89. The molecule has 1 aromatic heterocycles. The molecule has 2 atom stereocenters. The van der Waals surface area contributed by atoms with Gasteiger partial charge in [0.2, 0.25) is 10.0 Å². The Labute approximate surface area is 215 Å². The molecule has 0 amide bonds. The Hall–Kier alpha value is -3.39. The maximum atomic E-state index is 13.7. The van der Waals surface area contributed by atoms with Gasteiger partial charge in [-0.25, -0.2) is 13.1 Å². The van der Waals surface area contributed by atoms with Crippen molar-refractivity contribution in [3.05, 3.63) is 124 Å². The molecule has 0 aliphatic carbocycles. The lowest BCUT2D eigenvalue weighted by Gasteiger charge is -2.26. The molecule has 0 saturated carbocycles. The molecule has 0 fully saturated rings. The van der Waals surface area contributed by atoms with Crippen LogP contribution in [0.15, 0.2) is 107 Å². The fourth-order valence-corrected chi connectivity index (χ4v) is 5.94. The largest absolute Gasteiger partial charge is 0.294 e. The van der Waals surface area contributed by atoms with Crippen LogP contribution in [-0.4, -0.2) is 26.5 Å².